The van der Waals surface area contributed by atoms with Gasteiger partial charge in [-0.05, 0) is 63.5 Å². The third-order valence-electron chi connectivity index (χ3n) is 5.50. The summed E-state index contributed by atoms with van der Waals surface area (Å²) in [6.45, 7) is 2.32. The van der Waals surface area contributed by atoms with Crippen LogP contribution in [0.5, 0.6) is 0 Å². The van der Waals surface area contributed by atoms with Crippen molar-refractivity contribution in [2.45, 2.75) is 56.6 Å². The number of rotatable bonds is 4. The molecule has 1 heterocycles. The lowest BCUT2D eigenvalue weighted by Gasteiger charge is -2.40. The van der Waals surface area contributed by atoms with E-state index < -0.39 is 0 Å². The molecule has 3 fully saturated rings. The van der Waals surface area contributed by atoms with Crippen molar-refractivity contribution in [3.05, 3.63) is 0 Å². The van der Waals surface area contributed by atoms with Gasteiger partial charge in [-0.2, -0.15) is 0 Å². The van der Waals surface area contributed by atoms with Crippen molar-refractivity contribution in [2.24, 2.45) is 11.8 Å². The zero-order valence-corrected chi connectivity index (χ0v) is 11.9. The molecule has 4 heteroatoms. The Bertz CT molecular complexity index is 336. The summed E-state index contributed by atoms with van der Waals surface area (Å²) in [5.74, 6) is 1.82. The molecule has 1 saturated heterocycles. The zero-order valence-electron chi connectivity index (χ0n) is 11.9. The van der Waals surface area contributed by atoms with Crippen LogP contribution in [0.25, 0.3) is 0 Å². The van der Waals surface area contributed by atoms with Crippen molar-refractivity contribution < 1.29 is 9.53 Å². The van der Waals surface area contributed by atoms with Crippen LogP contribution in [0, 0.1) is 11.8 Å². The Hall–Kier alpha value is -0.610. The number of hydrogen-bond acceptors (Lipinski definition) is 3. The standard InChI is InChI=1S/C15H26N2O2/c1-19-15(5-2-6-15)8-14(18)17-13-4-3-11-9-16-10-12(11)7-13/h11-13,16H,2-10H2,1H3,(H,17,18)/t11-,12+,13?/m0/s1. The van der Waals surface area contributed by atoms with Crippen LogP contribution in [-0.4, -0.2) is 37.7 Å². The maximum atomic E-state index is 12.2. The Morgan fingerprint density at radius 2 is 2.11 bits per heavy atom. The molecule has 0 aromatic rings. The van der Waals surface area contributed by atoms with Gasteiger partial charge in [-0.3, -0.25) is 4.79 Å². The van der Waals surface area contributed by atoms with Crippen molar-refractivity contribution in [3.8, 4) is 0 Å². The van der Waals surface area contributed by atoms with E-state index in [1.165, 1.54) is 19.4 Å². The normalized spacial score (nSPS) is 36.4. The first kappa shape index (κ1) is 13.4. The van der Waals surface area contributed by atoms with E-state index in [1.54, 1.807) is 7.11 Å². The number of nitrogens with one attached hydrogen (secondary N) is 2. The second kappa shape index (κ2) is 5.41. The number of hydrogen-bond donors (Lipinski definition) is 2. The van der Waals surface area contributed by atoms with Crippen molar-refractivity contribution in [3.63, 3.8) is 0 Å². The fraction of sp³-hybridized carbons (Fsp3) is 0.933. The molecule has 1 unspecified atom stereocenters. The first-order chi connectivity index (χ1) is 9.21. The molecular weight excluding hydrogens is 240 g/mol. The Morgan fingerprint density at radius 1 is 1.32 bits per heavy atom. The SMILES string of the molecule is COC1(CC(=O)NC2CC[C@H]3CNC[C@H]3C2)CCC1. The second-order valence-corrected chi connectivity index (χ2v) is 6.67. The highest BCUT2D eigenvalue weighted by atomic mass is 16.5. The van der Waals surface area contributed by atoms with Gasteiger partial charge in [0.1, 0.15) is 0 Å². The average Bonchev–Trinajstić information content (AvgIpc) is 2.81. The predicted octanol–water partition coefficient (Wildman–Crippen LogP) is 1.45. The van der Waals surface area contributed by atoms with Crippen molar-refractivity contribution >= 4 is 5.91 Å². The molecule has 2 saturated carbocycles. The number of fused-ring (bicyclic) bond motifs is 1. The van der Waals surface area contributed by atoms with Gasteiger partial charge in [0.25, 0.3) is 0 Å². The van der Waals surface area contributed by atoms with Crippen LogP contribution in [0.3, 0.4) is 0 Å². The summed E-state index contributed by atoms with van der Waals surface area (Å²) < 4.78 is 5.53. The highest BCUT2D eigenvalue weighted by Gasteiger charge is 2.40. The predicted molar refractivity (Wildman–Crippen MR) is 73.8 cm³/mol. The van der Waals surface area contributed by atoms with Gasteiger partial charge < -0.3 is 15.4 Å². The summed E-state index contributed by atoms with van der Waals surface area (Å²) in [6, 6.07) is 0.391. The van der Waals surface area contributed by atoms with Gasteiger partial charge in [0.05, 0.1) is 12.0 Å². The van der Waals surface area contributed by atoms with E-state index in [0.29, 0.717) is 12.5 Å². The van der Waals surface area contributed by atoms with E-state index in [1.807, 2.05) is 0 Å². The highest BCUT2D eigenvalue weighted by Crippen LogP contribution is 2.38. The van der Waals surface area contributed by atoms with Crippen LogP contribution >= 0.6 is 0 Å². The van der Waals surface area contributed by atoms with Gasteiger partial charge in [-0.25, -0.2) is 0 Å². The molecule has 2 aliphatic carbocycles. The maximum absolute atomic E-state index is 12.2. The third kappa shape index (κ3) is 2.79. The first-order valence-electron chi connectivity index (χ1n) is 7.76. The van der Waals surface area contributed by atoms with Gasteiger partial charge in [-0.15, -0.1) is 0 Å². The molecule has 0 aromatic carbocycles. The Morgan fingerprint density at radius 3 is 2.79 bits per heavy atom. The first-order valence-corrected chi connectivity index (χ1v) is 7.76. The van der Waals surface area contributed by atoms with Crippen LogP contribution in [0.15, 0.2) is 0 Å². The molecule has 3 atom stereocenters. The molecule has 0 radical (unpaired) electrons. The molecule has 1 amide bonds. The van der Waals surface area contributed by atoms with E-state index in [2.05, 4.69) is 10.6 Å². The number of methoxy groups -OCH3 is 1. The molecule has 0 aromatic heterocycles. The fourth-order valence-electron chi connectivity index (χ4n) is 4.03. The summed E-state index contributed by atoms with van der Waals surface area (Å²) >= 11 is 0. The van der Waals surface area contributed by atoms with Crippen LogP contribution in [0.2, 0.25) is 0 Å². The summed E-state index contributed by atoms with van der Waals surface area (Å²) in [5, 5.41) is 6.71. The lowest BCUT2D eigenvalue weighted by molar-refractivity contribution is -0.135. The summed E-state index contributed by atoms with van der Waals surface area (Å²) in [4.78, 5) is 12.2. The average molecular weight is 266 g/mol. The molecule has 3 aliphatic rings. The van der Waals surface area contributed by atoms with Gasteiger partial charge in [0.15, 0.2) is 0 Å². The minimum atomic E-state index is -0.143. The summed E-state index contributed by atoms with van der Waals surface area (Å²) in [7, 11) is 1.74. The van der Waals surface area contributed by atoms with Crippen molar-refractivity contribution in [1.82, 2.24) is 10.6 Å². The number of amides is 1. The van der Waals surface area contributed by atoms with Crippen LogP contribution in [-0.2, 0) is 9.53 Å². The lowest BCUT2D eigenvalue weighted by Crippen LogP contribution is -2.47. The molecule has 0 spiro atoms. The minimum absolute atomic E-state index is 0.143. The van der Waals surface area contributed by atoms with E-state index in [4.69, 9.17) is 4.74 Å². The molecule has 2 N–H and O–H groups in total. The summed E-state index contributed by atoms with van der Waals surface area (Å²) in [6.07, 6.45) is 7.38. The monoisotopic (exact) mass is 266 g/mol. The molecule has 1 aliphatic heterocycles. The summed E-state index contributed by atoms with van der Waals surface area (Å²) in [5.41, 5.74) is -0.143. The molecule has 0 bridgehead atoms. The van der Waals surface area contributed by atoms with Crippen LogP contribution in [0.1, 0.15) is 44.9 Å². The zero-order chi connectivity index (χ0) is 13.3. The molecule has 108 valence electrons. The third-order valence-corrected chi connectivity index (χ3v) is 5.50. The quantitative estimate of drug-likeness (QED) is 0.810. The van der Waals surface area contributed by atoms with Crippen molar-refractivity contribution in [2.75, 3.05) is 20.2 Å². The van der Waals surface area contributed by atoms with Gasteiger partial charge in [0, 0.05) is 13.2 Å². The molecule has 3 rings (SSSR count). The Balaban J connectivity index is 1.47. The highest BCUT2D eigenvalue weighted by molar-refractivity contribution is 5.77. The largest absolute Gasteiger partial charge is 0.378 e. The molecular formula is C15H26N2O2. The fourth-order valence-corrected chi connectivity index (χ4v) is 4.03. The van der Waals surface area contributed by atoms with E-state index in [-0.39, 0.29) is 11.5 Å². The van der Waals surface area contributed by atoms with Crippen LogP contribution in [0.4, 0.5) is 0 Å². The van der Waals surface area contributed by atoms with Crippen molar-refractivity contribution in [1.29, 1.82) is 0 Å². The van der Waals surface area contributed by atoms with E-state index >= 15 is 0 Å². The minimum Gasteiger partial charge on any atom is -0.378 e. The maximum Gasteiger partial charge on any atom is 0.223 e. The Kier molecular flexibility index (Phi) is 3.81. The number of ether oxygens (including phenoxy) is 1. The van der Waals surface area contributed by atoms with Crippen LogP contribution < -0.4 is 10.6 Å². The topological polar surface area (TPSA) is 50.4 Å². The molecule has 4 nitrogen and oxygen atoms in total. The lowest BCUT2D eigenvalue weighted by atomic mass is 9.76. The second-order valence-electron chi connectivity index (χ2n) is 6.67. The number of carbonyl (C=O) groups excluding carboxylic acids is 1. The van der Waals surface area contributed by atoms with E-state index in [9.17, 15) is 4.79 Å². The Labute approximate surface area is 115 Å². The van der Waals surface area contributed by atoms with E-state index in [0.717, 1.165) is 44.1 Å². The number of carbonyl (C=O) groups is 1. The molecule has 19 heavy (non-hydrogen) atoms. The smallest absolute Gasteiger partial charge is 0.223 e. The van der Waals surface area contributed by atoms with Gasteiger partial charge in [0.2, 0.25) is 5.91 Å². The van der Waals surface area contributed by atoms with Gasteiger partial charge >= 0.3 is 0 Å². The van der Waals surface area contributed by atoms with Gasteiger partial charge in [-0.1, -0.05) is 0 Å².